The summed E-state index contributed by atoms with van der Waals surface area (Å²) in [6.07, 6.45) is 6.86. The van der Waals surface area contributed by atoms with Crippen molar-refractivity contribution in [1.82, 2.24) is 0 Å². The van der Waals surface area contributed by atoms with Crippen molar-refractivity contribution in [2.24, 2.45) is 35.5 Å². The molecule has 0 spiro atoms. The third-order valence-electron chi connectivity index (χ3n) is 4.92. The maximum atomic E-state index is 10.9. The van der Waals surface area contributed by atoms with Crippen LogP contribution >= 0.6 is 0 Å². The highest BCUT2D eigenvalue weighted by atomic mass is 16.1. The van der Waals surface area contributed by atoms with Crippen molar-refractivity contribution in [3.63, 3.8) is 0 Å². The summed E-state index contributed by atoms with van der Waals surface area (Å²) < 4.78 is 0. The SMILES string of the molecule is O=CC1CC2C(C1)[C@@H]1C[C@H]2CC1C=O. The summed E-state index contributed by atoms with van der Waals surface area (Å²) in [6.45, 7) is 0. The van der Waals surface area contributed by atoms with E-state index in [1.165, 1.54) is 6.42 Å². The molecule has 3 rings (SSSR count). The lowest BCUT2D eigenvalue weighted by molar-refractivity contribution is -0.113. The topological polar surface area (TPSA) is 34.1 Å². The van der Waals surface area contributed by atoms with Gasteiger partial charge >= 0.3 is 0 Å². The van der Waals surface area contributed by atoms with E-state index in [4.69, 9.17) is 0 Å². The minimum atomic E-state index is 0.306. The van der Waals surface area contributed by atoms with E-state index in [9.17, 15) is 9.59 Å². The molecule has 0 aromatic rings. The number of hydrogen-bond donors (Lipinski definition) is 0. The monoisotopic (exact) mass is 192 g/mol. The van der Waals surface area contributed by atoms with E-state index in [-0.39, 0.29) is 0 Å². The lowest BCUT2D eigenvalue weighted by Gasteiger charge is -2.28. The van der Waals surface area contributed by atoms with Gasteiger partial charge in [-0.3, -0.25) is 0 Å². The van der Waals surface area contributed by atoms with Gasteiger partial charge in [-0.25, -0.2) is 0 Å². The van der Waals surface area contributed by atoms with Crippen molar-refractivity contribution in [2.45, 2.75) is 25.7 Å². The molecule has 3 saturated carbocycles. The van der Waals surface area contributed by atoms with Crippen LogP contribution in [-0.2, 0) is 9.59 Å². The average molecular weight is 192 g/mol. The standard InChI is InChI=1S/C12H16O2/c13-5-7-1-10-8-3-9(6-14)11(4-8)12(10)2-7/h5-12H,1-4H2/t7?,8-,9?,10?,11-,12?/m1/s1. The molecular formula is C12H16O2. The van der Waals surface area contributed by atoms with Gasteiger partial charge in [-0.15, -0.1) is 0 Å². The molecule has 0 saturated heterocycles. The Hall–Kier alpha value is -0.660. The molecular weight excluding hydrogens is 176 g/mol. The zero-order chi connectivity index (χ0) is 9.71. The van der Waals surface area contributed by atoms with Crippen LogP contribution in [0, 0.1) is 35.5 Å². The van der Waals surface area contributed by atoms with Crippen LogP contribution in [0.2, 0.25) is 0 Å². The van der Waals surface area contributed by atoms with Crippen molar-refractivity contribution in [1.29, 1.82) is 0 Å². The molecule has 0 amide bonds. The molecule has 3 fully saturated rings. The Morgan fingerprint density at radius 3 is 2.29 bits per heavy atom. The zero-order valence-electron chi connectivity index (χ0n) is 8.26. The summed E-state index contributed by atoms with van der Waals surface area (Å²) in [4.78, 5) is 21.6. The Balaban J connectivity index is 1.81. The predicted octanol–water partition coefficient (Wildman–Crippen LogP) is 1.68. The van der Waals surface area contributed by atoms with E-state index >= 15 is 0 Å². The molecule has 4 unspecified atom stereocenters. The fourth-order valence-electron chi connectivity index (χ4n) is 4.43. The lowest BCUT2D eigenvalue weighted by atomic mass is 9.76. The van der Waals surface area contributed by atoms with E-state index < -0.39 is 0 Å². The summed E-state index contributed by atoms with van der Waals surface area (Å²) in [6, 6.07) is 0. The second-order valence-electron chi connectivity index (χ2n) is 5.39. The number of aldehydes is 2. The predicted molar refractivity (Wildman–Crippen MR) is 51.5 cm³/mol. The Morgan fingerprint density at radius 1 is 0.786 bits per heavy atom. The van der Waals surface area contributed by atoms with Gasteiger partial charge in [0.05, 0.1) is 0 Å². The van der Waals surface area contributed by atoms with Crippen LogP contribution in [0.1, 0.15) is 25.7 Å². The van der Waals surface area contributed by atoms with Gasteiger partial charge in [0.25, 0.3) is 0 Å². The second kappa shape index (κ2) is 2.91. The third kappa shape index (κ3) is 0.971. The van der Waals surface area contributed by atoms with Gasteiger partial charge in [0.15, 0.2) is 0 Å². The van der Waals surface area contributed by atoms with Crippen molar-refractivity contribution in [2.75, 3.05) is 0 Å². The number of carbonyl (C=O) groups excluding carboxylic acids is 2. The van der Waals surface area contributed by atoms with Gasteiger partial charge in [0, 0.05) is 11.8 Å². The van der Waals surface area contributed by atoms with E-state index in [0.717, 1.165) is 43.7 Å². The molecule has 3 aliphatic rings. The van der Waals surface area contributed by atoms with Crippen LogP contribution in [0.15, 0.2) is 0 Å². The molecule has 0 aromatic carbocycles. The van der Waals surface area contributed by atoms with Gasteiger partial charge in [0.1, 0.15) is 12.6 Å². The largest absolute Gasteiger partial charge is 0.303 e. The summed E-state index contributed by atoms with van der Waals surface area (Å²) in [5, 5.41) is 0. The summed E-state index contributed by atoms with van der Waals surface area (Å²) >= 11 is 0. The molecule has 3 aliphatic carbocycles. The van der Waals surface area contributed by atoms with Crippen LogP contribution in [0.25, 0.3) is 0 Å². The highest BCUT2D eigenvalue weighted by Gasteiger charge is 2.55. The normalized spacial score (nSPS) is 54.6. The molecule has 2 nitrogen and oxygen atoms in total. The van der Waals surface area contributed by atoms with Crippen molar-refractivity contribution < 1.29 is 9.59 Å². The summed E-state index contributed by atoms with van der Waals surface area (Å²) in [7, 11) is 0. The molecule has 0 N–H and O–H groups in total. The molecule has 2 heteroatoms. The van der Waals surface area contributed by atoms with E-state index in [1.54, 1.807) is 0 Å². The highest BCUT2D eigenvalue weighted by molar-refractivity contribution is 5.57. The Morgan fingerprint density at radius 2 is 1.57 bits per heavy atom. The van der Waals surface area contributed by atoms with Crippen molar-refractivity contribution in [3.05, 3.63) is 0 Å². The molecule has 0 aromatic heterocycles. The Bertz CT molecular complexity index is 273. The smallest absolute Gasteiger partial charge is 0.123 e. The van der Waals surface area contributed by atoms with Gasteiger partial charge in [-0.2, -0.15) is 0 Å². The van der Waals surface area contributed by atoms with Crippen LogP contribution in [0.4, 0.5) is 0 Å². The van der Waals surface area contributed by atoms with Gasteiger partial charge in [0.2, 0.25) is 0 Å². The van der Waals surface area contributed by atoms with Crippen molar-refractivity contribution >= 4 is 12.6 Å². The summed E-state index contributed by atoms with van der Waals surface area (Å²) in [5.74, 6) is 3.52. The zero-order valence-corrected chi connectivity index (χ0v) is 8.26. The van der Waals surface area contributed by atoms with Gasteiger partial charge < -0.3 is 9.59 Å². The van der Waals surface area contributed by atoms with Gasteiger partial charge in [-0.05, 0) is 49.4 Å². The minimum Gasteiger partial charge on any atom is -0.303 e. The molecule has 0 aliphatic heterocycles. The number of hydrogen-bond acceptors (Lipinski definition) is 2. The van der Waals surface area contributed by atoms with E-state index in [2.05, 4.69) is 0 Å². The quantitative estimate of drug-likeness (QED) is 0.624. The maximum absolute atomic E-state index is 10.9. The lowest BCUT2D eigenvalue weighted by Crippen LogP contribution is -2.24. The molecule has 14 heavy (non-hydrogen) atoms. The van der Waals surface area contributed by atoms with Crippen LogP contribution in [-0.4, -0.2) is 12.6 Å². The van der Waals surface area contributed by atoms with E-state index in [1.807, 2.05) is 0 Å². The minimum absolute atomic E-state index is 0.306. The van der Waals surface area contributed by atoms with Crippen LogP contribution in [0.5, 0.6) is 0 Å². The maximum Gasteiger partial charge on any atom is 0.123 e. The molecule has 0 radical (unpaired) electrons. The summed E-state index contributed by atoms with van der Waals surface area (Å²) in [5.41, 5.74) is 0. The number of carbonyl (C=O) groups is 2. The number of rotatable bonds is 2. The first-order valence-electron chi connectivity index (χ1n) is 5.74. The average Bonchev–Trinajstić information content (AvgIpc) is 2.87. The first kappa shape index (κ1) is 8.63. The molecule has 2 bridgehead atoms. The fourth-order valence-corrected chi connectivity index (χ4v) is 4.43. The van der Waals surface area contributed by atoms with Gasteiger partial charge in [-0.1, -0.05) is 0 Å². The third-order valence-corrected chi connectivity index (χ3v) is 4.92. The second-order valence-corrected chi connectivity index (χ2v) is 5.39. The fraction of sp³-hybridized carbons (Fsp3) is 0.833. The van der Waals surface area contributed by atoms with E-state index in [0.29, 0.717) is 23.7 Å². The first-order valence-corrected chi connectivity index (χ1v) is 5.74. The Kier molecular flexibility index (Phi) is 1.80. The highest BCUT2D eigenvalue weighted by Crippen LogP contribution is 2.61. The first-order chi connectivity index (χ1) is 6.83. The molecule has 6 atom stereocenters. The van der Waals surface area contributed by atoms with Crippen molar-refractivity contribution in [3.8, 4) is 0 Å². The van der Waals surface area contributed by atoms with Crippen LogP contribution < -0.4 is 0 Å². The molecule has 76 valence electrons. The number of fused-ring (bicyclic) bond motifs is 5. The van der Waals surface area contributed by atoms with Crippen LogP contribution in [0.3, 0.4) is 0 Å². The Labute approximate surface area is 84.1 Å². The molecule has 0 heterocycles.